The van der Waals surface area contributed by atoms with Crippen molar-refractivity contribution in [1.29, 1.82) is 0 Å². The molecule has 1 aliphatic heterocycles. The molecule has 0 amide bonds. The van der Waals surface area contributed by atoms with Gasteiger partial charge in [0.25, 0.3) is 0 Å². The minimum atomic E-state index is -0.327. The van der Waals surface area contributed by atoms with Gasteiger partial charge in [-0.15, -0.1) is 5.10 Å². The number of piperidine rings is 1. The lowest BCUT2D eigenvalue weighted by Gasteiger charge is -2.25. The third-order valence-corrected chi connectivity index (χ3v) is 3.12. The molecule has 0 atom stereocenters. The average molecular weight is 224 g/mol. The van der Waals surface area contributed by atoms with E-state index >= 15 is 0 Å². The predicted octanol–water partition coefficient (Wildman–Crippen LogP) is 1.63. The summed E-state index contributed by atoms with van der Waals surface area (Å²) in [6.07, 6.45) is 3.38. The standard InChI is InChI=1S/C10H16N4O2/c1-8-9(14(15)16)10(11-12(8)2)13-6-4-3-5-7-13/h3-7H2,1-2H3. The van der Waals surface area contributed by atoms with Gasteiger partial charge in [-0.2, -0.15) is 0 Å². The Morgan fingerprint density at radius 1 is 1.31 bits per heavy atom. The topological polar surface area (TPSA) is 64.2 Å². The fourth-order valence-electron chi connectivity index (χ4n) is 2.11. The van der Waals surface area contributed by atoms with Gasteiger partial charge < -0.3 is 4.90 Å². The molecule has 2 heterocycles. The van der Waals surface area contributed by atoms with E-state index in [0.29, 0.717) is 11.5 Å². The molecule has 0 unspecified atom stereocenters. The summed E-state index contributed by atoms with van der Waals surface area (Å²) < 4.78 is 1.59. The summed E-state index contributed by atoms with van der Waals surface area (Å²) in [5.41, 5.74) is 0.773. The Kier molecular flexibility index (Phi) is 2.80. The van der Waals surface area contributed by atoms with Crippen molar-refractivity contribution in [3.05, 3.63) is 15.8 Å². The molecule has 1 saturated heterocycles. The molecule has 0 saturated carbocycles. The van der Waals surface area contributed by atoms with Crippen LogP contribution in [-0.4, -0.2) is 27.8 Å². The van der Waals surface area contributed by atoms with Crippen LogP contribution in [0.25, 0.3) is 0 Å². The highest BCUT2D eigenvalue weighted by molar-refractivity contribution is 5.60. The van der Waals surface area contributed by atoms with E-state index in [0.717, 1.165) is 25.9 Å². The van der Waals surface area contributed by atoms with Crippen molar-refractivity contribution >= 4 is 11.5 Å². The van der Waals surface area contributed by atoms with E-state index in [2.05, 4.69) is 5.10 Å². The van der Waals surface area contributed by atoms with Crippen molar-refractivity contribution in [2.45, 2.75) is 26.2 Å². The minimum Gasteiger partial charge on any atom is -0.349 e. The lowest BCUT2D eigenvalue weighted by Crippen LogP contribution is -2.30. The first-order valence-electron chi connectivity index (χ1n) is 5.54. The summed E-state index contributed by atoms with van der Waals surface area (Å²) in [5, 5.41) is 15.3. The van der Waals surface area contributed by atoms with Gasteiger partial charge in [-0.05, 0) is 26.2 Å². The maximum atomic E-state index is 11.0. The lowest BCUT2D eigenvalue weighted by atomic mass is 10.1. The molecule has 1 aromatic rings. The maximum Gasteiger partial charge on any atom is 0.333 e. The second kappa shape index (κ2) is 4.11. The van der Waals surface area contributed by atoms with E-state index in [4.69, 9.17) is 0 Å². The van der Waals surface area contributed by atoms with Crippen LogP contribution in [0.15, 0.2) is 0 Å². The Hall–Kier alpha value is -1.59. The number of anilines is 1. The molecule has 6 heteroatoms. The molecule has 2 rings (SSSR count). The van der Waals surface area contributed by atoms with Gasteiger partial charge in [0.2, 0.25) is 5.82 Å². The molecule has 0 aromatic carbocycles. The molecule has 1 aliphatic rings. The Morgan fingerprint density at radius 2 is 1.94 bits per heavy atom. The molecule has 1 aromatic heterocycles. The molecule has 0 N–H and O–H groups in total. The number of rotatable bonds is 2. The van der Waals surface area contributed by atoms with Gasteiger partial charge in [-0.1, -0.05) is 0 Å². The quantitative estimate of drug-likeness (QED) is 0.565. The van der Waals surface area contributed by atoms with Crippen LogP contribution in [0.2, 0.25) is 0 Å². The summed E-state index contributed by atoms with van der Waals surface area (Å²) in [7, 11) is 1.75. The second-order valence-electron chi connectivity index (χ2n) is 4.19. The van der Waals surface area contributed by atoms with Crippen LogP contribution < -0.4 is 4.90 Å². The smallest absolute Gasteiger partial charge is 0.333 e. The van der Waals surface area contributed by atoms with Crippen LogP contribution in [0, 0.1) is 17.0 Å². The van der Waals surface area contributed by atoms with Gasteiger partial charge >= 0.3 is 5.69 Å². The van der Waals surface area contributed by atoms with Crippen LogP contribution >= 0.6 is 0 Å². The van der Waals surface area contributed by atoms with Crippen molar-refractivity contribution < 1.29 is 4.92 Å². The number of hydrogen-bond acceptors (Lipinski definition) is 4. The fraction of sp³-hybridized carbons (Fsp3) is 0.700. The minimum absolute atomic E-state index is 0.157. The molecule has 0 radical (unpaired) electrons. The molecule has 0 spiro atoms. The average Bonchev–Trinajstić information content (AvgIpc) is 2.57. The Morgan fingerprint density at radius 3 is 2.50 bits per heavy atom. The zero-order chi connectivity index (χ0) is 11.7. The SMILES string of the molecule is Cc1c([N+](=O)[O-])c(N2CCCCC2)nn1C. The van der Waals surface area contributed by atoms with Gasteiger partial charge in [-0.3, -0.25) is 14.8 Å². The number of nitro groups is 1. The van der Waals surface area contributed by atoms with E-state index in [1.807, 2.05) is 4.90 Å². The van der Waals surface area contributed by atoms with Gasteiger partial charge in [0, 0.05) is 20.1 Å². The summed E-state index contributed by atoms with van der Waals surface area (Å²) >= 11 is 0. The van der Waals surface area contributed by atoms with Gasteiger partial charge in [-0.25, -0.2) is 0 Å². The normalized spacial score (nSPS) is 16.5. The first-order valence-corrected chi connectivity index (χ1v) is 5.54. The Bertz CT molecular complexity index is 407. The molecule has 16 heavy (non-hydrogen) atoms. The molecule has 6 nitrogen and oxygen atoms in total. The van der Waals surface area contributed by atoms with Crippen molar-refractivity contribution in [3.8, 4) is 0 Å². The van der Waals surface area contributed by atoms with E-state index in [1.165, 1.54) is 6.42 Å². The van der Waals surface area contributed by atoms with Crippen LogP contribution in [-0.2, 0) is 7.05 Å². The second-order valence-corrected chi connectivity index (χ2v) is 4.19. The summed E-state index contributed by atoms with van der Waals surface area (Å²) in [6, 6.07) is 0. The molecule has 88 valence electrons. The third-order valence-electron chi connectivity index (χ3n) is 3.12. The van der Waals surface area contributed by atoms with Crippen molar-refractivity contribution in [2.75, 3.05) is 18.0 Å². The van der Waals surface area contributed by atoms with Crippen molar-refractivity contribution in [2.24, 2.45) is 7.05 Å². The fourth-order valence-corrected chi connectivity index (χ4v) is 2.11. The number of aromatic nitrogens is 2. The summed E-state index contributed by atoms with van der Waals surface area (Å²) in [5.74, 6) is 0.532. The third kappa shape index (κ3) is 1.75. The van der Waals surface area contributed by atoms with Gasteiger partial charge in [0.15, 0.2) is 0 Å². The largest absolute Gasteiger partial charge is 0.349 e. The Balaban J connectivity index is 2.38. The maximum absolute atomic E-state index is 11.0. The van der Waals surface area contributed by atoms with Gasteiger partial charge in [0.1, 0.15) is 5.69 Å². The Labute approximate surface area is 94.0 Å². The zero-order valence-corrected chi connectivity index (χ0v) is 9.64. The lowest BCUT2D eigenvalue weighted by molar-refractivity contribution is -0.384. The molecule has 0 aliphatic carbocycles. The highest BCUT2D eigenvalue weighted by atomic mass is 16.6. The number of nitrogens with zero attached hydrogens (tertiary/aromatic N) is 4. The summed E-state index contributed by atoms with van der Waals surface area (Å²) in [6.45, 7) is 3.48. The molecular weight excluding hydrogens is 208 g/mol. The number of hydrogen-bond donors (Lipinski definition) is 0. The van der Waals surface area contributed by atoms with Crippen LogP contribution in [0.5, 0.6) is 0 Å². The highest BCUT2D eigenvalue weighted by Gasteiger charge is 2.28. The monoisotopic (exact) mass is 224 g/mol. The highest BCUT2D eigenvalue weighted by Crippen LogP contribution is 2.31. The van der Waals surface area contributed by atoms with E-state index in [-0.39, 0.29) is 10.6 Å². The van der Waals surface area contributed by atoms with Crippen molar-refractivity contribution in [1.82, 2.24) is 9.78 Å². The molecule has 0 bridgehead atoms. The zero-order valence-electron chi connectivity index (χ0n) is 9.64. The van der Waals surface area contributed by atoms with E-state index in [9.17, 15) is 10.1 Å². The number of aryl methyl sites for hydroxylation is 1. The first kappa shape index (κ1) is 10.9. The van der Waals surface area contributed by atoms with E-state index in [1.54, 1.807) is 18.7 Å². The molecule has 1 fully saturated rings. The van der Waals surface area contributed by atoms with Gasteiger partial charge in [0.05, 0.1) is 4.92 Å². The van der Waals surface area contributed by atoms with Crippen LogP contribution in [0.1, 0.15) is 25.0 Å². The summed E-state index contributed by atoms with van der Waals surface area (Å²) in [4.78, 5) is 12.7. The first-order chi connectivity index (χ1) is 7.61. The molecular formula is C10H16N4O2. The predicted molar refractivity (Wildman–Crippen MR) is 60.7 cm³/mol. The van der Waals surface area contributed by atoms with Crippen LogP contribution in [0.4, 0.5) is 11.5 Å². The van der Waals surface area contributed by atoms with E-state index < -0.39 is 0 Å². The van der Waals surface area contributed by atoms with Crippen molar-refractivity contribution in [3.63, 3.8) is 0 Å². The van der Waals surface area contributed by atoms with Crippen LogP contribution in [0.3, 0.4) is 0 Å².